The van der Waals surface area contributed by atoms with E-state index in [1.807, 2.05) is 25.1 Å². The first kappa shape index (κ1) is 16.3. The second-order valence-electron chi connectivity index (χ2n) is 4.11. The number of para-hydroxylation sites is 1. The lowest BCUT2D eigenvalue weighted by Crippen LogP contribution is -2.19. The molecule has 0 heterocycles. The van der Waals surface area contributed by atoms with Gasteiger partial charge in [-0.25, -0.2) is 0 Å². The highest BCUT2D eigenvalue weighted by atomic mass is 16.5. The molecule has 20 heavy (non-hydrogen) atoms. The summed E-state index contributed by atoms with van der Waals surface area (Å²) in [5.41, 5.74) is 1.00. The molecule has 112 valence electrons. The smallest absolute Gasteiger partial charge is 0.307 e. The molecule has 0 saturated carbocycles. The van der Waals surface area contributed by atoms with Crippen molar-refractivity contribution >= 4 is 5.97 Å². The van der Waals surface area contributed by atoms with Crippen LogP contribution in [0.1, 0.15) is 25.8 Å². The first-order chi connectivity index (χ1) is 9.72. The number of esters is 1. The topological polar surface area (TPSA) is 56.8 Å². The van der Waals surface area contributed by atoms with Gasteiger partial charge in [0.15, 0.2) is 11.5 Å². The van der Waals surface area contributed by atoms with E-state index in [2.05, 4.69) is 5.32 Å². The minimum absolute atomic E-state index is 0.185. The Morgan fingerprint density at radius 1 is 1.25 bits per heavy atom. The van der Waals surface area contributed by atoms with E-state index in [4.69, 9.17) is 14.2 Å². The van der Waals surface area contributed by atoms with Crippen molar-refractivity contribution in [3.05, 3.63) is 23.8 Å². The lowest BCUT2D eigenvalue weighted by molar-refractivity contribution is -0.142. The number of benzene rings is 1. The van der Waals surface area contributed by atoms with E-state index < -0.39 is 0 Å². The zero-order valence-electron chi connectivity index (χ0n) is 12.4. The molecular formula is C15H23NO4. The van der Waals surface area contributed by atoms with Gasteiger partial charge < -0.3 is 19.5 Å². The largest absolute Gasteiger partial charge is 0.493 e. The van der Waals surface area contributed by atoms with Crippen molar-refractivity contribution in [2.45, 2.75) is 26.8 Å². The summed E-state index contributed by atoms with van der Waals surface area (Å²) in [6.45, 7) is 5.93. The molecule has 0 saturated heterocycles. The molecule has 1 aromatic rings. The number of carbonyl (C=O) groups is 1. The standard InChI is InChI=1S/C15H23NO4/c1-4-19-13-8-6-7-12(15(13)18-3)11-16-10-9-14(17)20-5-2/h6-8,16H,4-5,9-11H2,1-3H3. The van der Waals surface area contributed by atoms with Crippen molar-refractivity contribution in [1.82, 2.24) is 5.32 Å². The van der Waals surface area contributed by atoms with Gasteiger partial charge in [-0.1, -0.05) is 12.1 Å². The van der Waals surface area contributed by atoms with Crippen LogP contribution in [0.3, 0.4) is 0 Å². The van der Waals surface area contributed by atoms with E-state index in [1.54, 1.807) is 14.0 Å². The number of rotatable bonds is 9. The molecule has 5 nitrogen and oxygen atoms in total. The van der Waals surface area contributed by atoms with E-state index in [1.165, 1.54) is 0 Å². The third kappa shape index (κ3) is 5.09. The number of hydrogen-bond acceptors (Lipinski definition) is 5. The predicted octanol–water partition coefficient (Wildman–Crippen LogP) is 2.14. The summed E-state index contributed by atoms with van der Waals surface area (Å²) < 4.78 is 15.8. The molecule has 1 N–H and O–H groups in total. The average Bonchev–Trinajstić information content (AvgIpc) is 2.44. The lowest BCUT2D eigenvalue weighted by atomic mass is 10.2. The Labute approximate surface area is 120 Å². The minimum Gasteiger partial charge on any atom is -0.493 e. The number of hydrogen-bond donors (Lipinski definition) is 1. The Balaban J connectivity index is 2.51. The minimum atomic E-state index is -0.185. The first-order valence-electron chi connectivity index (χ1n) is 6.87. The molecule has 0 aliphatic heterocycles. The summed E-state index contributed by atoms with van der Waals surface area (Å²) in [4.78, 5) is 11.2. The monoisotopic (exact) mass is 281 g/mol. The second-order valence-corrected chi connectivity index (χ2v) is 4.11. The highest BCUT2D eigenvalue weighted by Gasteiger charge is 2.09. The molecule has 0 spiro atoms. The van der Waals surface area contributed by atoms with Crippen LogP contribution in [-0.2, 0) is 16.1 Å². The molecule has 0 amide bonds. The van der Waals surface area contributed by atoms with Gasteiger partial charge in [0.2, 0.25) is 0 Å². The van der Waals surface area contributed by atoms with Gasteiger partial charge in [-0.05, 0) is 19.9 Å². The van der Waals surface area contributed by atoms with Crippen molar-refractivity contribution in [1.29, 1.82) is 0 Å². The molecule has 0 bridgehead atoms. The molecule has 0 unspecified atom stereocenters. The summed E-state index contributed by atoms with van der Waals surface area (Å²) in [6.07, 6.45) is 0.362. The van der Waals surface area contributed by atoms with Gasteiger partial charge in [-0.3, -0.25) is 4.79 Å². The van der Waals surface area contributed by atoms with Crippen LogP contribution in [0.2, 0.25) is 0 Å². The Bertz CT molecular complexity index is 420. The van der Waals surface area contributed by atoms with Gasteiger partial charge in [0, 0.05) is 18.7 Å². The Hall–Kier alpha value is -1.75. The fourth-order valence-corrected chi connectivity index (χ4v) is 1.85. The molecule has 0 aliphatic rings. The highest BCUT2D eigenvalue weighted by molar-refractivity contribution is 5.69. The quantitative estimate of drug-likeness (QED) is 0.555. The Morgan fingerprint density at radius 3 is 2.70 bits per heavy atom. The van der Waals surface area contributed by atoms with E-state index in [-0.39, 0.29) is 5.97 Å². The van der Waals surface area contributed by atoms with Crippen molar-refractivity contribution < 1.29 is 19.0 Å². The van der Waals surface area contributed by atoms with Crippen LogP contribution in [0.25, 0.3) is 0 Å². The molecule has 1 aromatic carbocycles. The number of ether oxygens (including phenoxy) is 3. The molecular weight excluding hydrogens is 258 g/mol. The summed E-state index contributed by atoms with van der Waals surface area (Å²) in [5, 5.41) is 3.20. The molecule has 0 radical (unpaired) electrons. The SMILES string of the molecule is CCOC(=O)CCNCc1cccc(OCC)c1OC. The fraction of sp³-hybridized carbons (Fsp3) is 0.533. The zero-order chi connectivity index (χ0) is 14.8. The second kappa shape index (κ2) is 9.20. The van der Waals surface area contributed by atoms with Crippen LogP contribution in [-0.4, -0.2) is 32.8 Å². The molecule has 0 aromatic heterocycles. The fourth-order valence-electron chi connectivity index (χ4n) is 1.85. The van der Waals surface area contributed by atoms with Gasteiger partial charge in [-0.15, -0.1) is 0 Å². The van der Waals surface area contributed by atoms with Crippen molar-refractivity contribution in [3.63, 3.8) is 0 Å². The zero-order valence-corrected chi connectivity index (χ0v) is 12.4. The third-order valence-electron chi connectivity index (χ3n) is 2.69. The Kier molecular flexibility index (Phi) is 7.50. The maximum Gasteiger partial charge on any atom is 0.307 e. The van der Waals surface area contributed by atoms with Crippen LogP contribution in [0.4, 0.5) is 0 Å². The summed E-state index contributed by atoms with van der Waals surface area (Å²) in [5.74, 6) is 1.28. The predicted molar refractivity (Wildman–Crippen MR) is 77.1 cm³/mol. The van der Waals surface area contributed by atoms with Crippen molar-refractivity contribution in [3.8, 4) is 11.5 Å². The van der Waals surface area contributed by atoms with Gasteiger partial charge in [0.05, 0.1) is 26.7 Å². The van der Waals surface area contributed by atoms with Gasteiger partial charge in [0.25, 0.3) is 0 Å². The van der Waals surface area contributed by atoms with Crippen molar-refractivity contribution in [2.24, 2.45) is 0 Å². The van der Waals surface area contributed by atoms with Gasteiger partial charge in [0.1, 0.15) is 0 Å². The molecule has 0 fully saturated rings. The summed E-state index contributed by atoms with van der Waals surface area (Å²) in [7, 11) is 1.62. The summed E-state index contributed by atoms with van der Waals surface area (Å²) >= 11 is 0. The third-order valence-corrected chi connectivity index (χ3v) is 2.69. The maximum absolute atomic E-state index is 11.2. The molecule has 1 rings (SSSR count). The number of carbonyl (C=O) groups excluding carboxylic acids is 1. The van der Waals surface area contributed by atoms with Crippen molar-refractivity contribution in [2.75, 3.05) is 26.9 Å². The lowest BCUT2D eigenvalue weighted by Gasteiger charge is -2.14. The van der Waals surface area contributed by atoms with Crippen LogP contribution < -0.4 is 14.8 Å². The highest BCUT2D eigenvalue weighted by Crippen LogP contribution is 2.30. The average molecular weight is 281 g/mol. The number of nitrogens with one attached hydrogen (secondary N) is 1. The van der Waals surface area contributed by atoms with Gasteiger partial charge >= 0.3 is 5.97 Å². The van der Waals surface area contributed by atoms with Crippen LogP contribution in [0, 0.1) is 0 Å². The molecule has 0 aliphatic carbocycles. The van der Waals surface area contributed by atoms with Gasteiger partial charge in [-0.2, -0.15) is 0 Å². The van der Waals surface area contributed by atoms with Crippen LogP contribution in [0.15, 0.2) is 18.2 Å². The normalized spacial score (nSPS) is 10.2. The molecule has 0 atom stereocenters. The van der Waals surface area contributed by atoms with Crippen LogP contribution in [0.5, 0.6) is 11.5 Å². The van der Waals surface area contributed by atoms with Crippen LogP contribution >= 0.6 is 0 Å². The van der Waals surface area contributed by atoms with E-state index >= 15 is 0 Å². The van der Waals surface area contributed by atoms with E-state index in [0.717, 1.165) is 17.1 Å². The van der Waals surface area contributed by atoms with E-state index in [9.17, 15) is 4.79 Å². The molecule has 5 heteroatoms. The number of methoxy groups -OCH3 is 1. The summed E-state index contributed by atoms with van der Waals surface area (Å²) in [6, 6.07) is 5.78. The van der Waals surface area contributed by atoms with E-state index in [0.29, 0.717) is 32.7 Å². The maximum atomic E-state index is 11.2. The first-order valence-corrected chi connectivity index (χ1v) is 6.87. The Morgan fingerprint density at radius 2 is 2.05 bits per heavy atom.